The Bertz CT molecular complexity index is 1450. The van der Waals surface area contributed by atoms with Crippen molar-refractivity contribution in [3.8, 4) is 23.0 Å². The van der Waals surface area contributed by atoms with E-state index >= 15 is 0 Å². The second-order valence-corrected chi connectivity index (χ2v) is 7.26. The van der Waals surface area contributed by atoms with E-state index in [1.807, 2.05) is 42.5 Å². The molecule has 0 aliphatic carbocycles. The molecule has 0 radical (unpaired) electrons. The van der Waals surface area contributed by atoms with Crippen molar-refractivity contribution in [3.63, 3.8) is 0 Å². The number of aromatic nitrogens is 6. The molecule has 10 nitrogen and oxygen atoms in total. The average Bonchev–Trinajstić information content (AvgIpc) is 3.53. The largest absolute Gasteiger partial charge is 0.457 e. The maximum absolute atomic E-state index is 13.2. The number of hydrogen-bond acceptors (Lipinski definition) is 9. The third-order valence-corrected chi connectivity index (χ3v) is 4.85. The van der Waals surface area contributed by atoms with Gasteiger partial charge >= 0.3 is 0 Å². The highest BCUT2D eigenvalue weighted by molar-refractivity contribution is 6.10. The number of nitrogens with zero attached hydrogens (tertiary/aromatic N) is 7. The van der Waals surface area contributed by atoms with Gasteiger partial charge in [0.15, 0.2) is 12.3 Å². The molecule has 0 amide bonds. The van der Waals surface area contributed by atoms with Crippen molar-refractivity contribution in [3.05, 3.63) is 102 Å². The van der Waals surface area contributed by atoms with Gasteiger partial charge in [0, 0.05) is 12.6 Å². The Kier molecular flexibility index (Phi) is 6.20. The number of ether oxygens (including phenoxy) is 1. The van der Waals surface area contributed by atoms with Gasteiger partial charge in [-0.05, 0) is 46.8 Å². The highest BCUT2D eigenvalue weighted by Gasteiger charge is 2.17. The highest BCUT2D eigenvalue weighted by atomic mass is 19.1. The molecule has 0 aliphatic heterocycles. The first-order chi connectivity index (χ1) is 17.2. The predicted molar refractivity (Wildman–Crippen MR) is 122 cm³/mol. The van der Waals surface area contributed by atoms with Gasteiger partial charge in [0.05, 0.1) is 5.56 Å². The molecule has 5 aromatic rings. The Morgan fingerprint density at radius 2 is 1.71 bits per heavy atom. The lowest BCUT2D eigenvalue weighted by Crippen LogP contribution is -2.12. The first-order valence-corrected chi connectivity index (χ1v) is 10.5. The monoisotopic (exact) mass is 471 g/mol. The first-order valence-electron chi connectivity index (χ1n) is 10.5. The Morgan fingerprint density at radius 1 is 0.943 bits per heavy atom. The molecule has 5 rings (SSSR count). The summed E-state index contributed by atoms with van der Waals surface area (Å²) in [5.74, 6) is 1.50. The normalized spacial score (nSPS) is 11.4. The van der Waals surface area contributed by atoms with Gasteiger partial charge in [0.2, 0.25) is 5.82 Å². The lowest BCUT2D eigenvalue weighted by atomic mass is 10.1. The minimum atomic E-state index is -0.347. The molecule has 174 valence electrons. The van der Waals surface area contributed by atoms with E-state index in [9.17, 15) is 4.39 Å². The summed E-state index contributed by atoms with van der Waals surface area (Å²) in [5, 5.41) is 23.9. The third kappa shape index (κ3) is 5.03. The van der Waals surface area contributed by atoms with Crippen LogP contribution in [-0.2, 0) is 18.5 Å². The van der Waals surface area contributed by atoms with Crippen LogP contribution in [0.15, 0.2) is 88.4 Å². The van der Waals surface area contributed by atoms with Crippen LogP contribution in [0.5, 0.6) is 11.5 Å². The summed E-state index contributed by atoms with van der Waals surface area (Å²) >= 11 is 0. The lowest BCUT2D eigenvalue weighted by molar-refractivity contribution is 0.111. The molecule has 0 saturated heterocycles. The minimum Gasteiger partial charge on any atom is -0.457 e. The summed E-state index contributed by atoms with van der Waals surface area (Å²) in [6, 6.07) is 22.3. The SMILES string of the molecule is Cn1nnnc1/C(=N\OCc1nnc(-c2ccccc2Oc2ccc(F)cc2)o1)c1ccccc1. The van der Waals surface area contributed by atoms with Crippen LogP contribution >= 0.6 is 0 Å². The quantitative estimate of drug-likeness (QED) is 0.245. The van der Waals surface area contributed by atoms with Crippen LogP contribution < -0.4 is 4.74 Å². The molecule has 3 aromatic carbocycles. The lowest BCUT2D eigenvalue weighted by Gasteiger charge is -2.08. The van der Waals surface area contributed by atoms with Crippen molar-refractivity contribution in [1.29, 1.82) is 0 Å². The Morgan fingerprint density at radius 3 is 2.49 bits per heavy atom. The van der Waals surface area contributed by atoms with Gasteiger partial charge in [0.25, 0.3) is 11.8 Å². The standard InChI is InChI=1S/C24H18FN7O3/c1-32-23(27-30-31-32)22(16-7-3-2-4-8-16)29-33-15-21-26-28-24(35-21)19-9-5-6-10-20(19)34-18-13-11-17(25)12-14-18/h2-14H,15H2,1H3/b29-22-. The number of benzene rings is 3. The van der Waals surface area contributed by atoms with Crippen LogP contribution in [0.4, 0.5) is 4.39 Å². The van der Waals surface area contributed by atoms with Crippen LogP contribution in [-0.4, -0.2) is 36.1 Å². The topological polar surface area (TPSA) is 113 Å². The molecule has 0 N–H and O–H groups in total. The summed E-state index contributed by atoms with van der Waals surface area (Å²) in [4.78, 5) is 5.52. The van der Waals surface area contributed by atoms with Crippen molar-refractivity contribution in [2.24, 2.45) is 12.2 Å². The molecule has 0 unspecified atom stereocenters. The third-order valence-electron chi connectivity index (χ3n) is 4.85. The number of rotatable bonds is 8. The number of hydrogen-bond donors (Lipinski definition) is 0. The van der Waals surface area contributed by atoms with Crippen molar-refractivity contribution >= 4 is 5.71 Å². The maximum atomic E-state index is 13.2. The molecule has 2 aromatic heterocycles. The second kappa shape index (κ2) is 9.91. The molecule has 2 heterocycles. The molecule has 0 fully saturated rings. The van der Waals surface area contributed by atoms with Crippen LogP contribution in [0, 0.1) is 5.82 Å². The molecule has 35 heavy (non-hydrogen) atoms. The number of oxime groups is 1. The molecule has 0 bridgehead atoms. The number of para-hydroxylation sites is 1. The van der Waals surface area contributed by atoms with Crippen LogP contribution in [0.3, 0.4) is 0 Å². The van der Waals surface area contributed by atoms with Gasteiger partial charge in [-0.15, -0.1) is 15.3 Å². The highest BCUT2D eigenvalue weighted by Crippen LogP contribution is 2.32. The fourth-order valence-corrected chi connectivity index (χ4v) is 3.18. The number of halogens is 1. The van der Waals surface area contributed by atoms with E-state index in [0.717, 1.165) is 5.56 Å². The average molecular weight is 471 g/mol. The zero-order valence-corrected chi connectivity index (χ0v) is 18.4. The van der Waals surface area contributed by atoms with E-state index < -0.39 is 0 Å². The fourth-order valence-electron chi connectivity index (χ4n) is 3.18. The maximum Gasteiger partial charge on any atom is 0.257 e. The van der Waals surface area contributed by atoms with E-state index in [1.54, 1.807) is 19.2 Å². The van der Waals surface area contributed by atoms with E-state index in [0.29, 0.717) is 28.6 Å². The van der Waals surface area contributed by atoms with Crippen LogP contribution in [0.1, 0.15) is 17.3 Å². The second-order valence-electron chi connectivity index (χ2n) is 7.26. The molecule has 0 spiro atoms. The number of aryl methyl sites for hydroxylation is 1. The van der Waals surface area contributed by atoms with Crippen molar-refractivity contribution in [1.82, 2.24) is 30.4 Å². The summed E-state index contributed by atoms with van der Waals surface area (Å²) in [7, 11) is 1.71. The summed E-state index contributed by atoms with van der Waals surface area (Å²) < 4.78 is 26.3. The Balaban J connectivity index is 1.34. The van der Waals surface area contributed by atoms with Gasteiger partial charge in [0.1, 0.15) is 17.3 Å². The van der Waals surface area contributed by atoms with E-state index in [-0.39, 0.29) is 24.2 Å². The summed E-state index contributed by atoms with van der Waals surface area (Å²) in [6.07, 6.45) is 0. The predicted octanol–water partition coefficient (Wildman–Crippen LogP) is 4.16. The van der Waals surface area contributed by atoms with E-state index in [2.05, 4.69) is 30.9 Å². The van der Waals surface area contributed by atoms with Gasteiger partial charge in [-0.3, -0.25) is 0 Å². The van der Waals surface area contributed by atoms with Gasteiger partial charge in [-0.1, -0.05) is 47.6 Å². The number of tetrazole rings is 1. The Hall–Kier alpha value is -4.93. The van der Waals surface area contributed by atoms with Gasteiger partial charge in [-0.25, -0.2) is 9.07 Å². The van der Waals surface area contributed by atoms with Crippen LogP contribution in [0.2, 0.25) is 0 Å². The zero-order chi connectivity index (χ0) is 24.0. The molecule has 0 atom stereocenters. The summed E-state index contributed by atoms with van der Waals surface area (Å²) in [6.45, 7) is -0.0738. The van der Waals surface area contributed by atoms with Gasteiger partial charge in [-0.2, -0.15) is 0 Å². The van der Waals surface area contributed by atoms with Crippen molar-refractivity contribution in [2.75, 3.05) is 0 Å². The molecule has 0 saturated carbocycles. The molecular weight excluding hydrogens is 453 g/mol. The van der Waals surface area contributed by atoms with Crippen molar-refractivity contribution < 1.29 is 18.4 Å². The fraction of sp³-hybridized carbons (Fsp3) is 0.0833. The first kappa shape index (κ1) is 21.9. The smallest absolute Gasteiger partial charge is 0.257 e. The summed E-state index contributed by atoms with van der Waals surface area (Å²) in [5.41, 5.74) is 1.81. The van der Waals surface area contributed by atoms with E-state index in [4.69, 9.17) is 14.0 Å². The van der Waals surface area contributed by atoms with Gasteiger partial charge < -0.3 is 14.0 Å². The minimum absolute atomic E-state index is 0.0738. The molecular formula is C24H18FN7O3. The van der Waals surface area contributed by atoms with Crippen LogP contribution in [0.25, 0.3) is 11.5 Å². The molecule has 11 heteroatoms. The zero-order valence-electron chi connectivity index (χ0n) is 18.4. The van der Waals surface area contributed by atoms with E-state index in [1.165, 1.54) is 28.9 Å². The van der Waals surface area contributed by atoms with Crippen molar-refractivity contribution in [2.45, 2.75) is 6.61 Å². The Labute approximate surface area is 198 Å². The molecule has 0 aliphatic rings.